The van der Waals surface area contributed by atoms with E-state index in [4.69, 9.17) is 0 Å². The molecule has 2 fully saturated rings. The lowest BCUT2D eigenvalue weighted by Gasteiger charge is -2.17. The van der Waals surface area contributed by atoms with Crippen LogP contribution in [0.15, 0.2) is 23.8 Å². The van der Waals surface area contributed by atoms with Gasteiger partial charge in [0.25, 0.3) is 0 Å². The number of fused-ring (bicyclic) bond motifs is 1. The van der Waals surface area contributed by atoms with Crippen molar-refractivity contribution in [1.29, 1.82) is 0 Å². The van der Waals surface area contributed by atoms with Gasteiger partial charge in [-0.2, -0.15) is 11.8 Å². The topological polar surface area (TPSA) is 43.7 Å². The Morgan fingerprint density at radius 3 is 2.81 bits per heavy atom. The molecule has 4 heteroatoms. The van der Waals surface area contributed by atoms with Crippen molar-refractivity contribution in [2.45, 2.75) is 64.1 Å². The van der Waals surface area contributed by atoms with Crippen LogP contribution in [-0.2, 0) is 0 Å². The minimum absolute atomic E-state index is 0.222. The molecule has 2 N–H and O–H groups in total. The monoisotopic (exact) mass is 381 g/mol. The van der Waals surface area contributed by atoms with Crippen LogP contribution < -0.4 is 0 Å². The summed E-state index contributed by atoms with van der Waals surface area (Å²) in [5.41, 5.74) is 1.59. The van der Waals surface area contributed by atoms with Crippen molar-refractivity contribution < 1.29 is 10.2 Å². The van der Waals surface area contributed by atoms with Crippen molar-refractivity contribution >= 4 is 11.8 Å². The van der Waals surface area contributed by atoms with Gasteiger partial charge in [0.1, 0.15) is 0 Å². The first-order valence-electron chi connectivity index (χ1n) is 10.5. The molecule has 2 aliphatic rings. The van der Waals surface area contributed by atoms with E-state index in [1.807, 2.05) is 17.8 Å². The number of unbranched alkanes of at least 4 members (excludes halogenated alkanes) is 2. The smallest absolute Gasteiger partial charge is 0.0721 e. The second kappa shape index (κ2) is 11.5. The number of aliphatic hydroxyl groups is 2. The van der Waals surface area contributed by atoms with Crippen molar-refractivity contribution in [2.75, 3.05) is 32.1 Å². The van der Waals surface area contributed by atoms with Gasteiger partial charge < -0.3 is 15.1 Å². The maximum atomic E-state index is 10.4. The molecular weight excluding hydrogens is 342 g/mol. The van der Waals surface area contributed by atoms with Gasteiger partial charge in [-0.05, 0) is 51.6 Å². The Kier molecular flexibility index (Phi) is 9.76. The maximum Gasteiger partial charge on any atom is 0.0721 e. The van der Waals surface area contributed by atoms with Crippen LogP contribution in [0.5, 0.6) is 0 Å². The van der Waals surface area contributed by atoms with E-state index in [9.17, 15) is 10.2 Å². The van der Waals surface area contributed by atoms with Crippen LogP contribution >= 0.6 is 11.8 Å². The largest absolute Gasteiger partial charge is 0.392 e. The fourth-order valence-corrected chi connectivity index (χ4v) is 5.42. The van der Waals surface area contributed by atoms with Crippen LogP contribution in [0.4, 0.5) is 0 Å². The second-order valence-corrected chi connectivity index (χ2v) is 9.55. The summed E-state index contributed by atoms with van der Waals surface area (Å²) in [4.78, 5) is 2.23. The van der Waals surface area contributed by atoms with Gasteiger partial charge in [0.05, 0.1) is 12.2 Å². The van der Waals surface area contributed by atoms with Crippen molar-refractivity contribution in [1.82, 2.24) is 4.90 Å². The quantitative estimate of drug-likeness (QED) is 0.417. The first-order chi connectivity index (χ1) is 12.5. The summed E-state index contributed by atoms with van der Waals surface area (Å²) in [6.45, 7) is 3.32. The Labute approximate surface area is 164 Å². The van der Waals surface area contributed by atoms with Gasteiger partial charge >= 0.3 is 0 Å². The fraction of sp³-hybridized carbons (Fsp3) is 0.818. The Balaban J connectivity index is 1.78. The molecule has 0 radical (unpaired) electrons. The molecule has 0 heterocycles. The van der Waals surface area contributed by atoms with Crippen LogP contribution in [0, 0.1) is 17.8 Å². The van der Waals surface area contributed by atoms with E-state index in [1.54, 1.807) is 5.57 Å². The highest BCUT2D eigenvalue weighted by molar-refractivity contribution is 7.99. The normalized spacial score (nSPS) is 31.4. The highest BCUT2D eigenvalue weighted by Crippen LogP contribution is 2.50. The first-order valence-corrected chi connectivity index (χ1v) is 11.6. The summed E-state index contributed by atoms with van der Waals surface area (Å²) in [5.74, 6) is 3.73. The molecule has 0 aromatic carbocycles. The molecule has 26 heavy (non-hydrogen) atoms. The Morgan fingerprint density at radius 2 is 2.08 bits per heavy atom. The zero-order valence-corrected chi connectivity index (χ0v) is 17.8. The van der Waals surface area contributed by atoms with Crippen molar-refractivity contribution in [2.24, 2.45) is 17.8 Å². The molecule has 0 bridgehead atoms. The van der Waals surface area contributed by atoms with Gasteiger partial charge in [-0.1, -0.05) is 50.0 Å². The number of thioether (sulfide) groups is 1. The van der Waals surface area contributed by atoms with Gasteiger partial charge in [0.15, 0.2) is 0 Å². The van der Waals surface area contributed by atoms with E-state index in [-0.39, 0.29) is 18.1 Å². The standard InChI is InChI=1S/C22H39NO2S/c1-4-5-6-7-19(24)8-9-20-21-15-17(14-18(21)16-22(20)25)10-12-26-13-11-23(2)3/h8-10,18-22,24-25H,4-7,11-16H2,1-3H3/t18-,19-,20+,21-,22+/m0/s1. The number of hydrogen-bond donors (Lipinski definition) is 2. The zero-order valence-electron chi connectivity index (χ0n) is 16.9. The lowest BCUT2D eigenvalue weighted by Crippen LogP contribution is -2.17. The highest BCUT2D eigenvalue weighted by atomic mass is 32.2. The minimum atomic E-state index is -0.350. The van der Waals surface area contributed by atoms with Gasteiger partial charge in [-0.3, -0.25) is 0 Å². The van der Waals surface area contributed by atoms with E-state index in [1.165, 1.54) is 25.0 Å². The molecular formula is C22H39NO2S. The number of rotatable bonds is 11. The number of nitrogens with zero attached hydrogens (tertiary/aromatic N) is 1. The zero-order chi connectivity index (χ0) is 18.9. The average Bonchev–Trinajstić information content (AvgIpc) is 3.09. The SMILES string of the molecule is CCCCC[C@H](O)C=C[C@@H]1[C@H]2CC(=CCSCCN(C)C)C[C@H]2C[C@H]1O. The van der Waals surface area contributed by atoms with E-state index in [0.29, 0.717) is 11.8 Å². The molecule has 2 saturated carbocycles. The van der Waals surface area contributed by atoms with Crippen LogP contribution in [0.2, 0.25) is 0 Å². The summed E-state index contributed by atoms with van der Waals surface area (Å²) in [5, 5.41) is 20.6. The number of allylic oxidation sites excluding steroid dienone is 1. The molecule has 5 atom stereocenters. The molecule has 0 amide bonds. The molecule has 0 aromatic rings. The Bertz CT molecular complexity index is 463. The lowest BCUT2D eigenvalue weighted by molar-refractivity contribution is 0.139. The van der Waals surface area contributed by atoms with Gasteiger partial charge in [0.2, 0.25) is 0 Å². The third-order valence-corrected chi connectivity index (χ3v) is 6.82. The number of hydrogen-bond acceptors (Lipinski definition) is 4. The van der Waals surface area contributed by atoms with Crippen molar-refractivity contribution in [3.63, 3.8) is 0 Å². The molecule has 0 aromatic heterocycles. The van der Waals surface area contributed by atoms with Crippen LogP contribution in [0.1, 0.15) is 51.9 Å². The maximum absolute atomic E-state index is 10.4. The summed E-state index contributed by atoms with van der Waals surface area (Å²) < 4.78 is 0. The minimum Gasteiger partial charge on any atom is -0.392 e. The second-order valence-electron chi connectivity index (χ2n) is 8.40. The van der Waals surface area contributed by atoms with E-state index in [0.717, 1.165) is 38.0 Å². The summed E-state index contributed by atoms with van der Waals surface area (Å²) >= 11 is 2.01. The van der Waals surface area contributed by atoms with Gasteiger partial charge in [0, 0.05) is 24.0 Å². The molecule has 3 nitrogen and oxygen atoms in total. The Hall–Kier alpha value is -0.290. The summed E-state index contributed by atoms with van der Waals surface area (Å²) in [7, 11) is 4.24. The molecule has 0 saturated heterocycles. The van der Waals surface area contributed by atoms with Crippen molar-refractivity contribution in [3.8, 4) is 0 Å². The van der Waals surface area contributed by atoms with E-state index in [2.05, 4.69) is 38.1 Å². The molecule has 2 rings (SSSR count). The predicted molar refractivity (Wildman–Crippen MR) is 114 cm³/mol. The third-order valence-electron chi connectivity index (χ3n) is 5.94. The molecule has 150 valence electrons. The van der Waals surface area contributed by atoms with E-state index < -0.39 is 0 Å². The van der Waals surface area contributed by atoms with E-state index >= 15 is 0 Å². The summed E-state index contributed by atoms with van der Waals surface area (Å²) in [6.07, 6.45) is 13.5. The van der Waals surface area contributed by atoms with Gasteiger partial charge in [-0.25, -0.2) is 0 Å². The van der Waals surface area contributed by atoms with Crippen LogP contribution in [0.3, 0.4) is 0 Å². The predicted octanol–water partition coefficient (Wildman–Crippen LogP) is 4.11. The molecule has 0 aliphatic heterocycles. The molecule has 0 unspecified atom stereocenters. The van der Waals surface area contributed by atoms with Gasteiger partial charge in [-0.15, -0.1) is 0 Å². The Morgan fingerprint density at radius 1 is 1.27 bits per heavy atom. The number of aliphatic hydroxyl groups excluding tert-OH is 2. The van der Waals surface area contributed by atoms with Crippen LogP contribution in [0.25, 0.3) is 0 Å². The van der Waals surface area contributed by atoms with Crippen LogP contribution in [-0.4, -0.2) is 59.5 Å². The first kappa shape index (κ1) is 22.0. The summed E-state index contributed by atoms with van der Waals surface area (Å²) in [6, 6.07) is 0. The highest BCUT2D eigenvalue weighted by Gasteiger charge is 2.44. The lowest BCUT2D eigenvalue weighted by atomic mass is 9.90. The van der Waals surface area contributed by atoms with Crippen molar-refractivity contribution in [3.05, 3.63) is 23.8 Å². The average molecular weight is 382 g/mol. The third kappa shape index (κ3) is 7.03. The molecule has 2 aliphatic carbocycles. The molecule has 0 spiro atoms. The fourth-order valence-electron chi connectivity index (χ4n) is 4.40.